The van der Waals surface area contributed by atoms with E-state index < -0.39 is 6.61 Å². The third-order valence-corrected chi connectivity index (χ3v) is 4.19. The van der Waals surface area contributed by atoms with Gasteiger partial charge in [0.15, 0.2) is 22.3 Å². The molecule has 0 fully saturated rings. The smallest absolute Gasteiger partial charge is 0.387 e. The van der Waals surface area contributed by atoms with Gasteiger partial charge in [-0.3, -0.25) is 4.79 Å². The number of alkyl halides is 2. The van der Waals surface area contributed by atoms with E-state index in [1.54, 1.807) is 23.8 Å². The predicted octanol–water partition coefficient (Wildman–Crippen LogP) is 4.19. The Morgan fingerprint density at radius 1 is 1.35 bits per heavy atom. The summed E-state index contributed by atoms with van der Waals surface area (Å²) < 4.78 is 39.5. The van der Waals surface area contributed by atoms with Crippen LogP contribution in [-0.2, 0) is 11.2 Å². The summed E-state index contributed by atoms with van der Waals surface area (Å²) in [4.78, 5) is 16.5. The lowest BCUT2D eigenvalue weighted by molar-refractivity contribution is -0.115. The Morgan fingerprint density at radius 3 is 2.88 bits per heavy atom. The van der Waals surface area contributed by atoms with Gasteiger partial charge in [0.1, 0.15) is 0 Å². The molecule has 1 N–H and O–H groups in total. The molecular weight excluding hydrogens is 366 g/mol. The van der Waals surface area contributed by atoms with Crippen LogP contribution in [0.25, 0.3) is 10.8 Å². The SMILES string of the molecule is COc1ccc(NC(=O)Cc2csc(-c3ccco3)n2)cc1OC(F)F. The number of furan rings is 1. The van der Waals surface area contributed by atoms with Crippen molar-refractivity contribution >= 4 is 22.9 Å². The molecule has 2 aromatic heterocycles. The molecule has 1 aromatic carbocycles. The Morgan fingerprint density at radius 2 is 2.19 bits per heavy atom. The minimum atomic E-state index is -3.00. The molecular formula is C17H14F2N2O4S. The summed E-state index contributed by atoms with van der Waals surface area (Å²) in [6.45, 7) is -3.00. The van der Waals surface area contributed by atoms with E-state index in [2.05, 4.69) is 15.0 Å². The maximum Gasteiger partial charge on any atom is 0.387 e. The molecule has 26 heavy (non-hydrogen) atoms. The zero-order chi connectivity index (χ0) is 18.5. The molecule has 9 heteroatoms. The predicted molar refractivity (Wildman–Crippen MR) is 91.8 cm³/mol. The van der Waals surface area contributed by atoms with Crippen molar-refractivity contribution in [2.24, 2.45) is 0 Å². The van der Waals surface area contributed by atoms with Crippen LogP contribution in [0, 0.1) is 0 Å². The van der Waals surface area contributed by atoms with Gasteiger partial charge in [-0.25, -0.2) is 4.98 Å². The number of hydrogen-bond donors (Lipinski definition) is 1. The van der Waals surface area contributed by atoms with E-state index in [4.69, 9.17) is 9.15 Å². The van der Waals surface area contributed by atoms with E-state index in [9.17, 15) is 13.6 Å². The molecule has 0 unspecified atom stereocenters. The van der Waals surface area contributed by atoms with E-state index in [1.807, 2.05) is 0 Å². The molecule has 0 aliphatic rings. The van der Waals surface area contributed by atoms with Crippen LogP contribution in [0.4, 0.5) is 14.5 Å². The molecule has 0 radical (unpaired) electrons. The van der Waals surface area contributed by atoms with Crippen molar-refractivity contribution in [3.05, 3.63) is 47.7 Å². The quantitative estimate of drug-likeness (QED) is 0.665. The normalized spacial score (nSPS) is 10.8. The number of methoxy groups -OCH3 is 1. The van der Waals surface area contributed by atoms with Crippen molar-refractivity contribution in [3.63, 3.8) is 0 Å². The Labute approximate surface area is 151 Å². The highest BCUT2D eigenvalue weighted by Gasteiger charge is 2.14. The number of aromatic nitrogens is 1. The van der Waals surface area contributed by atoms with Gasteiger partial charge in [-0.1, -0.05) is 0 Å². The highest BCUT2D eigenvalue weighted by molar-refractivity contribution is 7.13. The first-order valence-corrected chi connectivity index (χ1v) is 8.34. The zero-order valence-electron chi connectivity index (χ0n) is 13.6. The molecule has 2 heterocycles. The molecule has 136 valence electrons. The number of amides is 1. The number of nitrogens with zero attached hydrogens (tertiary/aromatic N) is 1. The second kappa shape index (κ2) is 7.96. The Balaban J connectivity index is 1.66. The lowest BCUT2D eigenvalue weighted by Gasteiger charge is -2.12. The molecule has 0 saturated heterocycles. The molecule has 0 saturated carbocycles. The van der Waals surface area contributed by atoms with Crippen molar-refractivity contribution in [1.29, 1.82) is 0 Å². The van der Waals surface area contributed by atoms with Crippen molar-refractivity contribution in [3.8, 4) is 22.3 Å². The van der Waals surface area contributed by atoms with Gasteiger partial charge in [-0.2, -0.15) is 8.78 Å². The molecule has 3 rings (SSSR count). The van der Waals surface area contributed by atoms with E-state index >= 15 is 0 Å². The number of rotatable bonds is 7. The fraction of sp³-hybridized carbons (Fsp3) is 0.176. The van der Waals surface area contributed by atoms with Crippen molar-refractivity contribution in [2.75, 3.05) is 12.4 Å². The second-order valence-corrected chi connectivity index (χ2v) is 5.95. The number of carbonyl (C=O) groups is 1. The molecule has 0 bridgehead atoms. The van der Waals surface area contributed by atoms with Crippen molar-refractivity contribution in [2.45, 2.75) is 13.0 Å². The van der Waals surface area contributed by atoms with Crippen LogP contribution in [0.3, 0.4) is 0 Å². The van der Waals surface area contributed by atoms with Gasteiger partial charge in [-0.15, -0.1) is 11.3 Å². The molecule has 3 aromatic rings. The fourth-order valence-corrected chi connectivity index (χ4v) is 3.00. The van der Waals surface area contributed by atoms with Crippen LogP contribution < -0.4 is 14.8 Å². The van der Waals surface area contributed by atoms with Gasteiger partial charge in [0.05, 0.1) is 25.5 Å². The number of thiazole rings is 1. The van der Waals surface area contributed by atoms with Crippen LogP contribution in [-0.4, -0.2) is 24.6 Å². The van der Waals surface area contributed by atoms with Crippen molar-refractivity contribution < 1.29 is 27.5 Å². The lowest BCUT2D eigenvalue weighted by atomic mass is 10.2. The summed E-state index contributed by atoms with van der Waals surface area (Å²) in [5.74, 6) is 0.278. The van der Waals surface area contributed by atoms with Gasteiger partial charge < -0.3 is 19.2 Å². The number of ether oxygens (including phenoxy) is 2. The average Bonchev–Trinajstić information content (AvgIpc) is 3.25. The van der Waals surface area contributed by atoms with Gasteiger partial charge >= 0.3 is 6.61 Å². The fourth-order valence-electron chi connectivity index (χ4n) is 2.21. The monoisotopic (exact) mass is 380 g/mol. The molecule has 0 spiro atoms. The first-order chi connectivity index (χ1) is 12.5. The Bertz CT molecular complexity index is 881. The second-order valence-electron chi connectivity index (χ2n) is 5.09. The number of benzene rings is 1. The number of carbonyl (C=O) groups excluding carboxylic acids is 1. The van der Waals surface area contributed by atoms with Crippen LogP contribution in [0.2, 0.25) is 0 Å². The Kier molecular flexibility index (Phi) is 5.47. The van der Waals surface area contributed by atoms with Gasteiger partial charge in [0.2, 0.25) is 5.91 Å². The topological polar surface area (TPSA) is 73.6 Å². The van der Waals surface area contributed by atoms with Gasteiger partial charge in [-0.05, 0) is 24.3 Å². The highest BCUT2D eigenvalue weighted by atomic mass is 32.1. The van der Waals surface area contributed by atoms with Crippen LogP contribution in [0.1, 0.15) is 5.69 Å². The molecule has 0 aliphatic heterocycles. The lowest BCUT2D eigenvalue weighted by Crippen LogP contribution is -2.15. The summed E-state index contributed by atoms with van der Waals surface area (Å²) in [6.07, 6.45) is 1.58. The largest absolute Gasteiger partial charge is 0.493 e. The first kappa shape index (κ1) is 17.9. The van der Waals surface area contributed by atoms with E-state index in [1.165, 1.54) is 36.6 Å². The number of hydrogen-bond acceptors (Lipinski definition) is 6. The molecule has 0 atom stereocenters. The van der Waals surface area contributed by atoms with Gasteiger partial charge in [0.25, 0.3) is 0 Å². The number of anilines is 1. The zero-order valence-corrected chi connectivity index (χ0v) is 14.4. The van der Waals surface area contributed by atoms with Crippen LogP contribution >= 0.6 is 11.3 Å². The third-order valence-electron chi connectivity index (χ3n) is 3.29. The summed E-state index contributed by atoms with van der Waals surface area (Å²) in [5.41, 5.74) is 0.893. The van der Waals surface area contributed by atoms with Crippen molar-refractivity contribution in [1.82, 2.24) is 4.98 Å². The van der Waals surface area contributed by atoms with E-state index in [0.29, 0.717) is 22.1 Å². The third kappa shape index (κ3) is 4.37. The number of nitrogens with one attached hydrogen (secondary N) is 1. The standard InChI is InChI=1S/C17H14F2N2O4S/c1-23-12-5-4-10(7-14(12)25-17(18)19)20-15(22)8-11-9-26-16(21-11)13-3-2-6-24-13/h2-7,9,17H,8H2,1H3,(H,20,22). The minimum Gasteiger partial charge on any atom is -0.493 e. The molecule has 6 nitrogen and oxygen atoms in total. The van der Waals surface area contributed by atoms with E-state index in [-0.39, 0.29) is 23.8 Å². The molecule has 0 aliphatic carbocycles. The van der Waals surface area contributed by atoms with Crippen LogP contribution in [0.5, 0.6) is 11.5 Å². The van der Waals surface area contributed by atoms with Crippen LogP contribution in [0.15, 0.2) is 46.4 Å². The summed E-state index contributed by atoms with van der Waals surface area (Å²) >= 11 is 1.37. The minimum absolute atomic E-state index is 0.0360. The number of halogens is 2. The van der Waals surface area contributed by atoms with Gasteiger partial charge in [0, 0.05) is 17.1 Å². The van der Waals surface area contributed by atoms with E-state index in [0.717, 1.165) is 0 Å². The molecule has 1 amide bonds. The maximum atomic E-state index is 12.5. The summed E-state index contributed by atoms with van der Waals surface area (Å²) in [7, 11) is 1.34. The average molecular weight is 380 g/mol. The summed E-state index contributed by atoms with van der Waals surface area (Å²) in [5, 5.41) is 5.06. The maximum absolute atomic E-state index is 12.5. The first-order valence-electron chi connectivity index (χ1n) is 7.46. The Hall–Kier alpha value is -2.94. The highest BCUT2D eigenvalue weighted by Crippen LogP contribution is 2.31. The summed E-state index contributed by atoms with van der Waals surface area (Å²) in [6, 6.07) is 7.78.